The molecule has 0 aliphatic rings. The third-order valence-electron chi connectivity index (χ3n) is 2.88. The van der Waals surface area contributed by atoms with Gasteiger partial charge in [-0.3, -0.25) is 15.3 Å². The number of carbonyl (C=O) groups is 1. The van der Waals surface area contributed by atoms with Crippen LogP contribution in [0.2, 0.25) is 0 Å². The van der Waals surface area contributed by atoms with Gasteiger partial charge in [-0.15, -0.1) is 0 Å². The minimum Gasteiger partial charge on any atom is -0.444 e. The van der Waals surface area contributed by atoms with Crippen molar-refractivity contribution < 1.29 is 9.53 Å². The lowest BCUT2D eigenvalue weighted by Crippen LogP contribution is -2.27. The molecule has 0 saturated heterocycles. The van der Waals surface area contributed by atoms with Gasteiger partial charge in [0.1, 0.15) is 11.7 Å². The maximum absolute atomic E-state index is 11.8. The van der Waals surface area contributed by atoms with E-state index < -0.39 is 11.7 Å². The summed E-state index contributed by atoms with van der Waals surface area (Å²) >= 11 is 0. The molecule has 2 rings (SSSR count). The number of pyridine rings is 2. The van der Waals surface area contributed by atoms with Crippen LogP contribution in [-0.2, 0) is 4.74 Å². The predicted octanol–water partition coefficient (Wildman–Crippen LogP) is 3.67. The molecule has 1 amide bonds. The summed E-state index contributed by atoms with van der Waals surface area (Å²) in [4.78, 5) is 20.3. The van der Waals surface area contributed by atoms with Gasteiger partial charge in [-0.25, -0.2) is 4.79 Å². The number of aryl methyl sites for hydroxylation is 1. The third-order valence-corrected chi connectivity index (χ3v) is 2.88. The van der Waals surface area contributed by atoms with Crippen LogP contribution in [0.3, 0.4) is 0 Å². The zero-order chi connectivity index (χ0) is 17.0. The Morgan fingerprint density at radius 3 is 2.65 bits per heavy atom. The van der Waals surface area contributed by atoms with Crippen molar-refractivity contribution in [1.82, 2.24) is 9.97 Å². The van der Waals surface area contributed by atoms with Crippen LogP contribution in [0.1, 0.15) is 32.0 Å². The van der Waals surface area contributed by atoms with E-state index in [0.29, 0.717) is 22.6 Å². The number of rotatable bonds is 2. The minimum atomic E-state index is -0.561. The van der Waals surface area contributed by atoms with Crippen molar-refractivity contribution in [2.24, 2.45) is 0 Å². The zero-order valence-electron chi connectivity index (χ0n) is 13.5. The van der Waals surface area contributed by atoms with E-state index in [2.05, 4.69) is 15.3 Å². The van der Waals surface area contributed by atoms with Crippen molar-refractivity contribution in [1.29, 1.82) is 5.26 Å². The highest BCUT2D eigenvalue weighted by Gasteiger charge is 2.17. The largest absolute Gasteiger partial charge is 0.444 e. The van der Waals surface area contributed by atoms with Crippen LogP contribution in [0.25, 0.3) is 11.3 Å². The van der Waals surface area contributed by atoms with Crippen molar-refractivity contribution >= 4 is 11.8 Å². The fourth-order valence-corrected chi connectivity index (χ4v) is 1.91. The molecule has 0 radical (unpaired) electrons. The molecule has 23 heavy (non-hydrogen) atoms. The van der Waals surface area contributed by atoms with Gasteiger partial charge < -0.3 is 4.74 Å². The van der Waals surface area contributed by atoms with E-state index in [1.165, 1.54) is 6.20 Å². The van der Waals surface area contributed by atoms with E-state index in [4.69, 9.17) is 10.00 Å². The summed E-state index contributed by atoms with van der Waals surface area (Å²) in [5, 5.41) is 11.6. The molecule has 2 heterocycles. The smallest absolute Gasteiger partial charge is 0.412 e. The maximum atomic E-state index is 11.8. The van der Waals surface area contributed by atoms with E-state index in [1.54, 1.807) is 52.1 Å². The highest BCUT2D eigenvalue weighted by molar-refractivity contribution is 5.85. The average molecular weight is 310 g/mol. The molecule has 2 aromatic heterocycles. The van der Waals surface area contributed by atoms with Crippen molar-refractivity contribution in [3.63, 3.8) is 0 Å². The number of anilines is 1. The number of nitriles is 1. The van der Waals surface area contributed by atoms with Crippen molar-refractivity contribution in [2.75, 3.05) is 5.32 Å². The van der Waals surface area contributed by atoms with Crippen molar-refractivity contribution in [2.45, 2.75) is 33.3 Å². The third kappa shape index (κ3) is 4.51. The molecular weight excluding hydrogens is 292 g/mol. The van der Waals surface area contributed by atoms with Gasteiger partial charge in [-0.2, -0.15) is 5.26 Å². The molecule has 118 valence electrons. The van der Waals surface area contributed by atoms with E-state index in [1.807, 2.05) is 6.07 Å². The van der Waals surface area contributed by atoms with Crippen LogP contribution in [0.15, 0.2) is 30.6 Å². The fourth-order valence-electron chi connectivity index (χ4n) is 1.91. The van der Waals surface area contributed by atoms with Crippen molar-refractivity contribution in [3.8, 4) is 17.3 Å². The number of hydrogen-bond acceptors (Lipinski definition) is 5. The highest BCUT2D eigenvalue weighted by Crippen LogP contribution is 2.22. The van der Waals surface area contributed by atoms with Gasteiger partial charge >= 0.3 is 6.09 Å². The van der Waals surface area contributed by atoms with Gasteiger partial charge in [0.2, 0.25) is 0 Å². The number of ether oxygens (including phenoxy) is 1. The van der Waals surface area contributed by atoms with E-state index in [9.17, 15) is 4.79 Å². The van der Waals surface area contributed by atoms with Gasteiger partial charge in [-0.05, 0) is 45.9 Å². The lowest BCUT2D eigenvalue weighted by atomic mass is 10.1. The first-order chi connectivity index (χ1) is 10.8. The Bertz CT molecular complexity index is 773. The van der Waals surface area contributed by atoms with Gasteiger partial charge in [0.25, 0.3) is 0 Å². The number of carbonyl (C=O) groups excluding carboxylic acids is 1. The van der Waals surface area contributed by atoms with E-state index in [-0.39, 0.29) is 0 Å². The molecule has 6 heteroatoms. The lowest BCUT2D eigenvalue weighted by molar-refractivity contribution is 0.0635. The molecule has 1 N–H and O–H groups in total. The van der Waals surface area contributed by atoms with Gasteiger partial charge in [0.05, 0.1) is 22.6 Å². The molecule has 6 nitrogen and oxygen atoms in total. The minimum absolute atomic E-state index is 0.470. The zero-order valence-corrected chi connectivity index (χ0v) is 13.5. The van der Waals surface area contributed by atoms with Gasteiger partial charge in [-0.1, -0.05) is 0 Å². The molecule has 0 unspecified atom stereocenters. The van der Waals surface area contributed by atoms with E-state index >= 15 is 0 Å². The van der Waals surface area contributed by atoms with Crippen LogP contribution in [0.4, 0.5) is 10.5 Å². The summed E-state index contributed by atoms with van der Waals surface area (Å²) in [6.07, 6.45) is 2.61. The Kier molecular flexibility index (Phi) is 4.60. The Hall–Kier alpha value is -2.94. The molecule has 0 aromatic carbocycles. The normalized spacial score (nSPS) is 10.7. The molecule has 0 aliphatic heterocycles. The number of nitrogens with zero attached hydrogens (tertiary/aromatic N) is 3. The van der Waals surface area contributed by atoms with Gasteiger partial charge in [0, 0.05) is 18.0 Å². The van der Waals surface area contributed by atoms with Crippen LogP contribution in [0, 0.1) is 18.3 Å². The molecule has 0 spiro atoms. The summed E-state index contributed by atoms with van der Waals surface area (Å²) in [5.41, 5.74) is 2.56. The quantitative estimate of drug-likeness (QED) is 0.914. The first-order valence-corrected chi connectivity index (χ1v) is 7.11. The fraction of sp³-hybridized carbons (Fsp3) is 0.294. The monoisotopic (exact) mass is 310 g/mol. The maximum Gasteiger partial charge on any atom is 0.412 e. The molecule has 0 saturated carbocycles. The molecule has 2 aromatic rings. The SMILES string of the molecule is Cc1nc(-c2cncc(C#N)c2)ccc1NC(=O)OC(C)(C)C. The van der Waals surface area contributed by atoms with E-state index in [0.717, 1.165) is 5.56 Å². The number of aromatic nitrogens is 2. The standard InChI is InChI=1S/C17H18N4O2/c1-11-14(21-16(22)23-17(2,3)4)5-6-15(20-11)13-7-12(8-18)9-19-10-13/h5-7,9-10H,1-4H3,(H,21,22). The topological polar surface area (TPSA) is 87.9 Å². The molecular formula is C17H18N4O2. The summed E-state index contributed by atoms with van der Waals surface area (Å²) in [6.45, 7) is 7.19. The number of hydrogen-bond donors (Lipinski definition) is 1. The molecule has 0 fully saturated rings. The Morgan fingerprint density at radius 1 is 1.30 bits per heavy atom. The van der Waals surface area contributed by atoms with Crippen LogP contribution >= 0.6 is 0 Å². The lowest BCUT2D eigenvalue weighted by Gasteiger charge is -2.20. The first-order valence-electron chi connectivity index (χ1n) is 7.11. The van der Waals surface area contributed by atoms with Crippen LogP contribution < -0.4 is 5.32 Å². The number of amides is 1. The molecule has 0 bridgehead atoms. The summed E-state index contributed by atoms with van der Waals surface area (Å²) in [7, 11) is 0. The summed E-state index contributed by atoms with van der Waals surface area (Å²) in [6, 6.07) is 7.28. The Morgan fingerprint density at radius 2 is 2.04 bits per heavy atom. The average Bonchev–Trinajstić information content (AvgIpc) is 2.47. The second-order valence-corrected chi connectivity index (χ2v) is 6.03. The van der Waals surface area contributed by atoms with Crippen LogP contribution in [-0.4, -0.2) is 21.7 Å². The Labute approximate surface area is 135 Å². The first kappa shape index (κ1) is 16.4. The number of nitrogens with one attached hydrogen (secondary N) is 1. The second-order valence-electron chi connectivity index (χ2n) is 6.03. The summed E-state index contributed by atoms with van der Waals surface area (Å²) < 4.78 is 5.22. The Balaban J connectivity index is 2.21. The predicted molar refractivity (Wildman–Crippen MR) is 86.8 cm³/mol. The summed E-state index contributed by atoms with van der Waals surface area (Å²) in [5.74, 6) is 0. The second kappa shape index (κ2) is 6.44. The van der Waals surface area contributed by atoms with Crippen LogP contribution in [0.5, 0.6) is 0 Å². The molecule has 0 atom stereocenters. The van der Waals surface area contributed by atoms with Crippen molar-refractivity contribution in [3.05, 3.63) is 41.9 Å². The highest BCUT2D eigenvalue weighted by atomic mass is 16.6. The molecule has 0 aliphatic carbocycles. The van der Waals surface area contributed by atoms with Gasteiger partial charge in [0.15, 0.2) is 0 Å².